The highest BCUT2D eigenvalue weighted by atomic mass is 16.3. The maximum atomic E-state index is 12.2. The first-order valence-corrected chi connectivity index (χ1v) is 6.94. The molecule has 1 heterocycles. The van der Waals surface area contributed by atoms with Gasteiger partial charge in [0.25, 0.3) is 0 Å². The van der Waals surface area contributed by atoms with Gasteiger partial charge in [-0.05, 0) is 26.7 Å². The van der Waals surface area contributed by atoms with Gasteiger partial charge in [-0.15, -0.1) is 0 Å². The number of hydrogen-bond donors (Lipinski definition) is 3. The molecule has 1 fully saturated rings. The standard InChI is InChI=1S/C14H21N3O3/c1-9-11(10(2)16-13(20)15-9)7-12(19)17-14(8-18)5-3-4-6-14/h18H,3-8H2,1-2H3,(H,17,19)(H,15,16,20). The zero-order chi connectivity index (χ0) is 14.8. The molecule has 1 amide bonds. The van der Waals surface area contributed by atoms with E-state index in [1.54, 1.807) is 13.8 Å². The number of aromatic nitrogens is 2. The molecule has 0 aliphatic heterocycles. The van der Waals surface area contributed by atoms with Gasteiger partial charge in [0.1, 0.15) is 0 Å². The Morgan fingerprint density at radius 3 is 2.60 bits per heavy atom. The minimum absolute atomic E-state index is 0.0272. The molecule has 6 heteroatoms. The lowest BCUT2D eigenvalue weighted by molar-refractivity contribution is -0.122. The van der Waals surface area contributed by atoms with E-state index in [9.17, 15) is 14.7 Å². The Morgan fingerprint density at radius 1 is 1.40 bits per heavy atom. The number of aliphatic hydroxyl groups is 1. The van der Waals surface area contributed by atoms with Crippen LogP contribution in [0.4, 0.5) is 0 Å². The molecule has 0 radical (unpaired) electrons. The SMILES string of the molecule is Cc1nc(=O)[nH]c(C)c1CC(=O)NC1(CO)CCCC1. The van der Waals surface area contributed by atoms with Gasteiger partial charge in [0, 0.05) is 17.0 Å². The summed E-state index contributed by atoms with van der Waals surface area (Å²) in [5.74, 6) is -0.138. The van der Waals surface area contributed by atoms with Crippen LogP contribution in [0.1, 0.15) is 42.6 Å². The van der Waals surface area contributed by atoms with Crippen molar-refractivity contribution in [3.63, 3.8) is 0 Å². The molecule has 1 aliphatic rings. The molecule has 1 saturated carbocycles. The maximum absolute atomic E-state index is 12.2. The number of H-pyrrole nitrogens is 1. The molecule has 0 bridgehead atoms. The van der Waals surface area contributed by atoms with Gasteiger partial charge in [0.2, 0.25) is 5.91 Å². The summed E-state index contributed by atoms with van der Waals surface area (Å²) in [6, 6.07) is 0. The number of hydrogen-bond acceptors (Lipinski definition) is 4. The number of nitrogens with one attached hydrogen (secondary N) is 2. The van der Waals surface area contributed by atoms with Gasteiger partial charge in [-0.3, -0.25) is 4.79 Å². The third-order valence-electron chi connectivity index (χ3n) is 4.06. The first-order chi connectivity index (χ1) is 9.46. The van der Waals surface area contributed by atoms with Crippen LogP contribution in [0.15, 0.2) is 4.79 Å². The van der Waals surface area contributed by atoms with Crippen molar-refractivity contribution >= 4 is 5.91 Å². The van der Waals surface area contributed by atoms with Crippen molar-refractivity contribution in [2.45, 2.75) is 51.5 Å². The normalized spacial score (nSPS) is 17.1. The van der Waals surface area contributed by atoms with E-state index in [1.165, 1.54) is 0 Å². The van der Waals surface area contributed by atoms with Gasteiger partial charge in [0.15, 0.2) is 0 Å². The van der Waals surface area contributed by atoms with Crippen LogP contribution >= 0.6 is 0 Å². The molecule has 0 aromatic carbocycles. The van der Waals surface area contributed by atoms with E-state index in [1.807, 2.05) is 0 Å². The second-order valence-electron chi connectivity index (χ2n) is 5.60. The summed E-state index contributed by atoms with van der Waals surface area (Å²) in [5, 5.41) is 12.5. The maximum Gasteiger partial charge on any atom is 0.345 e. The third kappa shape index (κ3) is 3.07. The average Bonchev–Trinajstić information content (AvgIpc) is 2.83. The summed E-state index contributed by atoms with van der Waals surface area (Å²) in [7, 11) is 0. The number of amides is 1. The fourth-order valence-corrected chi connectivity index (χ4v) is 2.89. The highest BCUT2D eigenvalue weighted by Crippen LogP contribution is 2.29. The molecule has 1 aliphatic carbocycles. The lowest BCUT2D eigenvalue weighted by Crippen LogP contribution is -2.49. The summed E-state index contributed by atoms with van der Waals surface area (Å²) in [6.45, 7) is 3.46. The van der Waals surface area contributed by atoms with Crippen LogP contribution in [0.25, 0.3) is 0 Å². The second kappa shape index (κ2) is 5.75. The van der Waals surface area contributed by atoms with E-state index >= 15 is 0 Å². The van der Waals surface area contributed by atoms with Crippen molar-refractivity contribution in [3.8, 4) is 0 Å². The van der Waals surface area contributed by atoms with Crippen LogP contribution in [-0.2, 0) is 11.2 Å². The Balaban J connectivity index is 2.10. The monoisotopic (exact) mass is 279 g/mol. The number of aryl methyl sites for hydroxylation is 2. The molecule has 3 N–H and O–H groups in total. The Morgan fingerprint density at radius 2 is 2.05 bits per heavy atom. The molecule has 0 saturated heterocycles. The Kier molecular flexibility index (Phi) is 4.23. The predicted molar refractivity (Wildman–Crippen MR) is 74.5 cm³/mol. The van der Waals surface area contributed by atoms with Crippen LogP contribution in [-0.4, -0.2) is 33.1 Å². The average molecular weight is 279 g/mol. The largest absolute Gasteiger partial charge is 0.394 e. The molecule has 2 rings (SSSR count). The summed E-state index contributed by atoms with van der Waals surface area (Å²) < 4.78 is 0. The highest BCUT2D eigenvalue weighted by Gasteiger charge is 2.34. The topological polar surface area (TPSA) is 95.1 Å². The van der Waals surface area contributed by atoms with Gasteiger partial charge in [-0.2, -0.15) is 4.98 Å². The number of aromatic amines is 1. The Hall–Kier alpha value is -1.69. The van der Waals surface area contributed by atoms with Crippen molar-refractivity contribution in [1.82, 2.24) is 15.3 Å². The minimum atomic E-state index is -0.464. The molecule has 1 aromatic heterocycles. The zero-order valence-electron chi connectivity index (χ0n) is 12.0. The van der Waals surface area contributed by atoms with Crippen molar-refractivity contribution in [1.29, 1.82) is 0 Å². The summed E-state index contributed by atoms with van der Waals surface area (Å²) in [4.78, 5) is 29.8. The molecule has 0 atom stereocenters. The van der Waals surface area contributed by atoms with Gasteiger partial charge < -0.3 is 15.4 Å². The van der Waals surface area contributed by atoms with Crippen LogP contribution < -0.4 is 11.0 Å². The molecule has 6 nitrogen and oxygen atoms in total. The van der Waals surface area contributed by atoms with Crippen molar-refractivity contribution in [2.75, 3.05) is 6.61 Å². The molecular formula is C14H21N3O3. The molecule has 1 aromatic rings. The van der Waals surface area contributed by atoms with E-state index in [-0.39, 0.29) is 18.9 Å². The van der Waals surface area contributed by atoms with Crippen LogP contribution in [0.5, 0.6) is 0 Å². The summed E-state index contributed by atoms with van der Waals surface area (Å²) in [6.07, 6.45) is 3.86. The van der Waals surface area contributed by atoms with Crippen LogP contribution in [0, 0.1) is 13.8 Å². The molecule has 110 valence electrons. The van der Waals surface area contributed by atoms with Crippen molar-refractivity contribution in [2.24, 2.45) is 0 Å². The summed E-state index contributed by atoms with van der Waals surface area (Å²) in [5.41, 5.74) is 1.13. The number of carbonyl (C=O) groups excluding carboxylic acids is 1. The lowest BCUT2D eigenvalue weighted by atomic mass is 9.98. The van der Waals surface area contributed by atoms with Crippen molar-refractivity contribution in [3.05, 3.63) is 27.4 Å². The van der Waals surface area contributed by atoms with E-state index < -0.39 is 11.2 Å². The number of rotatable bonds is 4. The Labute approximate surface area is 117 Å². The van der Waals surface area contributed by atoms with E-state index in [0.717, 1.165) is 31.2 Å². The Bertz CT molecular complexity index is 533. The van der Waals surface area contributed by atoms with E-state index in [4.69, 9.17) is 0 Å². The van der Waals surface area contributed by atoms with Gasteiger partial charge in [0.05, 0.1) is 18.6 Å². The van der Waals surface area contributed by atoms with Gasteiger partial charge >= 0.3 is 5.69 Å². The fraction of sp³-hybridized carbons (Fsp3) is 0.643. The van der Waals surface area contributed by atoms with E-state index in [0.29, 0.717) is 11.4 Å². The highest BCUT2D eigenvalue weighted by molar-refractivity contribution is 5.79. The number of carbonyl (C=O) groups is 1. The molecule has 20 heavy (non-hydrogen) atoms. The lowest BCUT2D eigenvalue weighted by Gasteiger charge is -2.28. The molecule has 0 unspecified atom stereocenters. The van der Waals surface area contributed by atoms with Crippen LogP contribution in [0.2, 0.25) is 0 Å². The van der Waals surface area contributed by atoms with Gasteiger partial charge in [-0.25, -0.2) is 4.79 Å². The summed E-state index contributed by atoms with van der Waals surface area (Å²) >= 11 is 0. The second-order valence-corrected chi connectivity index (χ2v) is 5.60. The zero-order valence-corrected chi connectivity index (χ0v) is 12.0. The third-order valence-corrected chi connectivity index (χ3v) is 4.06. The number of nitrogens with zero attached hydrogens (tertiary/aromatic N) is 1. The van der Waals surface area contributed by atoms with E-state index in [2.05, 4.69) is 15.3 Å². The molecular weight excluding hydrogens is 258 g/mol. The quantitative estimate of drug-likeness (QED) is 0.741. The smallest absolute Gasteiger partial charge is 0.345 e. The predicted octanol–water partition coefficient (Wildman–Crippen LogP) is 0.351. The van der Waals surface area contributed by atoms with Crippen molar-refractivity contribution < 1.29 is 9.90 Å². The fourth-order valence-electron chi connectivity index (χ4n) is 2.89. The van der Waals surface area contributed by atoms with Crippen LogP contribution in [0.3, 0.4) is 0 Å². The molecule has 0 spiro atoms. The number of aliphatic hydroxyl groups excluding tert-OH is 1. The first-order valence-electron chi connectivity index (χ1n) is 6.94. The van der Waals surface area contributed by atoms with Gasteiger partial charge in [-0.1, -0.05) is 12.8 Å². The first kappa shape index (κ1) is 14.7. The minimum Gasteiger partial charge on any atom is -0.394 e.